The molecule has 9 heteroatoms. The molecule has 9 nitrogen and oxygen atoms in total. The van der Waals surface area contributed by atoms with E-state index in [-0.39, 0.29) is 54.3 Å². The molecule has 2 heterocycles. The Morgan fingerprint density at radius 2 is 1.78 bits per heavy atom. The van der Waals surface area contributed by atoms with Crippen LogP contribution in [0, 0.1) is 46.3 Å². The molecule has 1 unspecified atom stereocenters. The molecule has 6 rings (SSSR count). The molecule has 0 aromatic rings. The number of hydrogen-bond donors (Lipinski definition) is 1. The Labute approximate surface area is 265 Å². The van der Waals surface area contributed by atoms with Crippen molar-refractivity contribution >= 4 is 23.9 Å². The van der Waals surface area contributed by atoms with Gasteiger partial charge in [0, 0.05) is 42.8 Å². The molecule has 246 valence electrons. The first-order valence-corrected chi connectivity index (χ1v) is 16.7. The highest BCUT2D eigenvalue weighted by molar-refractivity contribution is 5.91. The SMILES string of the molecule is C=C1C(=O)O[C@@H]2C[C@@H](C)[C@]34C[C@]5(C(=O)O[C@H]6CC(C)=C([C@H](C)CCCO)[C@H](OC(=O)C(C)C)[C@H]65)[C@H](C(C)=C3C[C@@H]12)C4OC(C)=O. The number of carbonyl (C=O) groups excluding carboxylic acids is 4. The van der Waals surface area contributed by atoms with Crippen molar-refractivity contribution in [3.05, 3.63) is 34.4 Å². The van der Waals surface area contributed by atoms with Crippen LogP contribution in [0.2, 0.25) is 0 Å². The molecular formula is C36H48O9. The summed E-state index contributed by atoms with van der Waals surface area (Å²) < 4.78 is 24.8. The third-order valence-corrected chi connectivity index (χ3v) is 12.4. The second kappa shape index (κ2) is 11.1. The zero-order chi connectivity index (χ0) is 32.7. The number of fused-ring (bicyclic) bond motifs is 5. The fourth-order valence-electron chi connectivity index (χ4n) is 10.5. The van der Waals surface area contributed by atoms with E-state index in [1.807, 2.05) is 13.8 Å². The summed E-state index contributed by atoms with van der Waals surface area (Å²) in [5, 5.41) is 9.62. The summed E-state index contributed by atoms with van der Waals surface area (Å²) in [5.41, 5.74) is 2.92. The minimum atomic E-state index is -1.08. The first-order chi connectivity index (χ1) is 21.2. The molecule has 1 N–H and O–H groups in total. The van der Waals surface area contributed by atoms with Crippen LogP contribution < -0.4 is 0 Å². The molecule has 11 atom stereocenters. The van der Waals surface area contributed by atoms with Gasteiger partial charge in [-0.2, -0.15) is 0 Å². The first kappa shape index (κ1) is 32.0. The van der Waals surface area contributed by atoms with Crippen molar-refractivity contribution in [2.75, 3.05) is 6.61 Å². The van der Waals surface area contributed by atoms with Crippen molar-refractivity contribution in [2.45, 2.75) is 111 Å². The van der Waals surface area contributed by atoms with Gasteiger partial charge in [0.15, 0.2) is 0 Å². The predicted octanol–water partition coefficient (Wildman–Crippen LogP) is 5.01. The fraction of sp³-hybridized carbons (Fsp3) is 0.722. The van der Waals surface area contributed by atoms with Crippen molar-refractivity contribution in [3.63, 3.8) is 0 Å². The average Bonchev–Trinajstić information content (AvgIpc) is 3.54. The average molecular weight is 625 g/mol. The van der Waals surface area contributed by atoms with Gasteiger partial charge in [-0.25, -0.2) is 4.79 Å². The number of aliphatic hydroxyl groups is 1. The lowest BCUT2D eigenvalue weighted by Crippen LogP contribution is -2.51. The third-order valence-electron chi connectivity index (χ3n) is 12.4. The standard InChI is InChI=1S/C36H48O9/c1-16(2)32(39)45-30-27(17(3)10-9-11-37)18(4)12-26-29(30)36(34(41)44-26)15-35-19(5)13-25-23(20(6)33(40)43-25)14-24(35)21(7)28(36)31(35)42-22(8)38/h16-17,19,23,25-26,28-31,37H,6,9-15H2,1-5,7-8H3/t17-,19-,23+,25-,26+,28-,29+,30+,31?,35-,36+/m1/s1. The Hall–Kier alpha value is -2.94. The molecule has 0 radical (unpaired) electrons. The zero-order valence-electron chi connectivity index (χ0n) is 27.6. The van der Waals surface area contributed by atoms with E-state index in [9.17, 15) is 24.3 Å². The van der Waals surface area contributed by atoms with Crippen LogP contribution in [0.3, 0.4) is 0 Å². The van der Waals surface area contributed by atoms with Crippen molar-refractivity contribution in [3.8, 4) is 0 Å². The van der Waals surface area contributed by atoms with Crippen LogP contribution in [0.4, 0.5) is 0 Å². The maximum atomic E-state index is 14.5. The number of hydrogen-bond acceptors (Lipinski definition) is 9. The smallest absolute Gasteiger partial charge is 0.334 e. The van der Waals surface area contributed by atoms with Crippen LogP contribution in [0.25, 0.3) is 0 Å². The van der Waals surface area contributed by atoms with Crippen LogP contribution in [-0.2, 0) is 38.1 Å². The minimum absolute atomic E-state index is 0.0147. The number of rotatable bonds is 7. The number of ether oxygens (including phenoxy) is 4. The van der Waals surface area contributed by atoms with E-state index in [0.717, 1.165) is 22.3 Å². The van der Waals surface area contributed by atoms with E-state index >= 15 is 0 Å². The van der Waals surface area contributed by atoms with Crippen LogP contribution in [0.5, 0.6) is 0 Å². The lowest BCUT2D eigenvalue weighted by atomic mass is 9.55. The maximum Gasteiger partial charge on any atom is 0.334 e. The molecule has 45 heavy (non-hydrogen) atoms. The van der Waals surface area contributed by atoms with Gasteiger partial charge in [0.25, 0.3) is 0 Å². The molecule has 6 aliphatic rings. The van der Waals surface area contributed by atoms with E-state index < -0.39 is 46.9 Å². The first-order valence-electron chi connectivity index (χ1n) is 16.7. The molecule has 0 aromatic heterocycles. The third kappa shape index (κ3) is 4.42. The molecule has 0 aromatic carbocycles. The van der Waals surface area contributed by atoms with E-state index in [1.54, 1.807) is 13.8 Å². The van der Waals surface area contributed by atoms with E-state index in [0.29, 0.717) is 44.1 Å². The van der Waals surface area contributed by atoms with Gasteiger partial charge in [-0.1, -0.05) is 51.0 Å². The maximum absolute atomic E-state index is 14.5. The van der Waals surface area contributed by atoms with E-state index in [4.69, 9.17) is 18.9 Å². The summed E-state index contributed by atoms with van der Waals surface area (Å²) in [4.78, 5) is 53.2. The van der Waals surface area contributed by atoms with Gasteiger partial charge in [-0.15, -0.1) is 0 Å². The van der Waals surface area contributed by atoms with Crippen molar-refractivity contribution in [1.29, 1.82) is 0 Å². The second-order valence-corrected chi connectivity index (χ2v) is 15.0. The van der Waals surface area contributed by atoms with Gasteiger partial charge in [0.1, 0.15) is 24.4 Å². The molecule has 2 spiro atoms. The zero-order valence-corrected chi connectivity index (χ0v) is 27.6. The normalized spacial score (nSPS) is 40.7. The number of aliphatic hydroxyl groups excluding tert-OH is 1. The molecule has 2 bridgehead atoms. The lowest BCUT2D eigenvalue weighted by Gasteiger charge is -2.46. The van der Waals surface area contributed by atoms with Crippen LogP contribution in [0.15, 0.2) is 34.4 Å². The summed E-state index contributed by atoms with van der Waals surface area (Å²) >= 11 is 0. The Morgan fingerprint density at radius 3 is 2.42 bits per heavy atom. The van der Waals surface area contributed by atoms with Gasteiger partial charge >= 0.3 is 23.9 Å². The summed E-state index contributed by atoms with van der Waals surface area (Å²) in [6, 6.07) is 0. The van der Waals surface area contributed by atoms with Gasteiger partial charge in [-0.05, 0) is 63.4 Å². The summed E-state index contributed by atoms with van der Waals surface area (Å²) in [6.07, 6.45) is 1.29. The summed E-state index contributed by atoms with van der Waals surface area (Å²) in [6.45, 7) is 17.4. The molecule has 4 fully saturated rings. The Kier molecular flexibility index (Phi) is 7.90. The van der Waals surface area contributed by atoms with Crippen LogP contribution in [-0.4, -0.2) is 60.0 Å². The van der Waals surface area contributed by atoms with Crippen molar-refractivity contribution in [2.24, 2.45) is 46.3 Å². The molecule has 0 amide bonds. The number of carbonyl (C=O) groups is 4. The molecule has 2 saturated carbocycles. The molecule has 4 aliphatic carbocycles. The number of esters is 4. The monoisotopic (exact) mass is 624 g/mol. The van der Waals surface area contributed by atoms with E-state index in [2.05, 4.69) is 20.4 Å². The fourth-order valence-corrected chi connectivity index (χ4v) is 10.5. The lowest BCUT2D eigenvalue weighted by molar-refractivity contribution is -0.160. The second-order valence-electron chi connectivity index (χ2n) is 15.0. The molecule has 2 aliphatic heterocycles. The Bertz CT molecular complexity index is 1400. The van der Waals surface area contributed by atoms with Gasteiger partial charge in [-0.3, -0.25) is 14.4 Å². The van der Waals surface area contributed by atoms with Gasteiger partial charge in [0.2, 0.25) is 0 Å². The summed E-state index contributed by atoms with van der Waals surface area (Å²) in [5.74, 6) is -2.95. The Morgan fingerprint density at radius 1 is 1.07 bits per heavy atom. The quantitative estimate of drug-likeness (QED) is 0.180. The highest BCUT2D eigenvalue weighted by Crippen LogP contribution is 2.76. The largest absolute Gasteiger partial charge is 0.461 e. The summed E-state index contributed by atoms with van der Waals surface area (Å²) in [7, 11) is 0. The van der Waals surface area contributed by atoms with Gasteiger partial charge in [0.05, 0.1) is 17.3 Å². The Balaban J connectivity index is 1.52. The van der Waals surface area contributed by atoms with Crippen LogP contribution >= 0.6 is 0 Å². The topological polar surface area (TPSA) is 125 Å². The van der Waals surface area contributed by atoms with E-state index in [1.165, 1.54) is 6.92 Å². The highest BCUT2D eigenvalue weighted by atomic mass is 16.6. The predicted molar refractivity (Wildman–Crippen MR) is 163 cm³/mol. The minimum Gasteiger partial charge on any atom is -0.461 e. The van der Waals surface area contributed by atoms with Crippen molar-refractivity contribution in [1.82, 2.24) is 0 Å². The van der Waals surface area contributed by atoms with Gasteiger partial charge < -0.3 is 24.1 Å². The molecular weight excluding hydrogens is 576 g/mol. The molecule has 2 saturated heterocycles. The van der Waals surface area contributed by atoms with Crippen LogP contribution in [0.1, 0.15) is 87.0 Å². The van der Waals surface area contributed by atoms with Crippen molar-refractivity contribution < 1.29 is 43.2 Å². The highest BCUT2D eigenvalue weighted by Gasteiger charge is 2.80.